The van der Waals surface area contributed by atoms with Crippen molar-refractivity contribution in [3.05, 3.63) is 34.6 Å². The number of H-pyrrole nitrogens is 1. The van der Waals surface area contributed by atoms with E-state index in [1.165, 1.54) is 32.1 Å². The summed E-state index contributed by atoms with van der Waals surface area (Å²) in [5.41, 5.74) is 0.362. The van der Waals surface area contributed by atoms with Crippen LogP contribution >= 0.6 is 0 Å². The highest BCUT2D eigenvalue weighted by Crippen LogP contribution is 2.39. The van der Waals surface area contributed by atoms with Crippen LogP contribution < -0.4 is 10.9 Å². The van der Waals surface area contributed by atoms with Gasteiger partial charge in [0, 0.05) is 11.9 Å². The van der Waals surface area contributed by atoms with Crippen LogP contribution in [0.25, 0.3) is 10.8 Å². The van der Waals surface area contributed by atoms with E-state index in [0.717, 1.165) is 23.7 Å². The second-order valence-corrected chi connectivity index (χ2v) is 7.29. The zero-order chi connectivity index (χ0) is 15.6. The van der Waals surface area contributed by atoms with Crippen LogP contribution in [0.3, 0.4) is 0 Å². The van der Waals surface area contributed by atoms with E-state index in [-0.39, 0.29) is 5.56 Å². The molecule has 1 fully saturated rings. The van der Waals surface area contributed by atoms with Gasteiger partial charge in [-0.15, -0.1) is 0 Å². The average Bonchev–Trinajstić information content (AvgIpc) is 2.49. The molecule has 0 bridgehead atoms. The highest BCUT2D eigenvalue weighted by atomic mass is 16.1. The number of anilines is 1. The first-order chi connectivity index (χ1) is 10.6. The number of rotatable bonds is 4. The van der Waals surface area contributed by atoms with E-state index in [2.05, 4.69) is 29.4 Å². The Kier molecular flexibility index (Phi) is 4.19. The molecule has 0 radical (unpaired) electrons. The Morgan fingerprint density at radius 3 is 2.86 bits per heavy atom. The lowest BCUT2D eigenvalue weighted by molar-refractivity contribution is 0.176. The minimum Gasteiger partial charge on any atom is -0.368 e. The van der Waals surface area contributed by atoms with Gasteiger partial charge in [-0.05, 0) is 36.7 Å². The van der Waals surface area contributed by atoms with Crippen LogP contribution in [-0.4, -0.2) is 16.7 Å². The van der Waals surface area contributed by atoms with Crippen molar-refractivity contribution in [2.24, 2.45) is 11.3 Å². The van der Waals surface area contributed by atoms with Gasteiger partial charge in [-0.2, -0.15) is 5.10 Å². The van der Waals surface area contributed by atoms with Gasteiger partial charge in [0.1, 0.15) is 0 Å². The van der Waals surface area contributed by atoms with Crippen molar-refractivity contribution in [3.8, 4) is 0 Å². The third-order valence-corrected chi connectivity index (χ3v) is 4.85. The van der Waals surface area contributed by atoms with E-state index in [1.54, 1.807) is 0 Å². The molecule has 0 spiro atoms. The first-order valence-corrected chi connectivity index (χ1v) is 8.26. The maximum Gasteiger partial charge on any atom is 0.272 e. The summed E-state index contributed by atoms with van der Waals surface area (Å²) in [6.45, 7) is 5.66. The number of aromatic nitrogens is 2. The van der Waals surface area contributed by atoms with Crippen LogP contribution in [0.15, 0.2) is 29.1 Å². The average molecular weight is 299 g/mol. The molecule has 1 unspecified atom stereocenters. The molecule has 2 aromatic rings. The highest BCUT2D eigenvalue weighted by Gasteiger charge is 2.27. The smallest absolute Gasteiger partial charge is 0.272 e. The molecule has 0 saturated heterocycles. The largest absolute Gasteiger partial charge is 0.368 e. The summed E-state index contributed by atoms with van der Waals surface area (Å²) in [5.74, 6) is 1.58. The summed E-state index contributed by atoms with van der Waals surface area (Å²) in [5, 5.41) is 11.7. The predicted molar refractivity (Wildman–Crippen MR) is 91.2 cm³/mol. The molecule has 0 aliphatic heterocycles. The standard InChI is InChI=1S/C18H25N3O/c1-18(2)10-5-6-13(12-18)9-11-19-16-14-7-3-4-8-15(14)17(22)21-20-16/h3-4,7-8,13H,5-6,9-12H2,1-2H3,(H,19,20)(H,21,22). The Morgan fingerprint density at radius 2 is 2.09 bits per heavy atom. The Balaban J connectivity index is 1.65. The summed E-state index contributed by atoms with van der Waals surface area (Å²) in [6, 6.07) is 7.61. The molecule has 1 aliphatic rings. The molecule has 0 amide bonds. The molecule has 1 aliphatic carbocycles. The SMILES string of the molecule is CC1(C)CCCC(CCNc2n[nH]c(=O)c3ccccc23)C1. The van der Waals surface area contributed by atoms with Gasteiger partial charge in [0.25, 0.3) is 5.56 Å². The van der Waals surface area contributed by atoms with Crippen LogP contribution in [0.1, 0.15) is 46.0 Å². The fourth-order valence-corrected chi connectivity index (χ4v) is 3.75. The molecular formula is C18H25N3O. The van der Waals surface area contributed by atoms with E-state index in [1.807, 2.05) is 24.3 Å². The molecule has 1 heterocycles. The lowest BCUT2D eigenvalue weighted by Crippen LogP contribution is -2.24. The first kappa shape index (κ1) is 15.1. The van der Waals surface area contributed by atoms with Gasteiger partial charge in [-0.3, -0.25) is 4.79 Å². The number of hydrogen-bond acceptors (Lipinski definition) is 3. The van der Waals surface area contributed by atoms with Crippen molar-refractivity contribution in [3.63, 3.8) is 0 Å². The molecule has 2 N–H and O–H groups in total. The molecular weight excluding hydrogens is 274 g/mol. The maximum atomic E-state index is 11.8. The number of nitrogens with one attached hydrogen (secondary N) is 2. The van der Waals surface area contributed by atoms with Gasteiger partial charge >= 0.3 is 0 Å². The van der Waals surface area contributed by atoms with E-state index in [9.17, 15) is 4.79 Å². The monoisotopic (exact) mass is 299 g/mol. The van der Waals surface area contributed by atoms with Crippen molar-refractivity contribution in [2.75, 3.05) is 11.9 Å². The van der Waals surface area contributed by atoms with Crippen LogP contribution in [0.2, 0.25) is 0 Å². The second kappa shape index (κ2) is 6.11. The summed E-state index contributed by atoms with van der Waals surface area (Å²) < 4.78 is 0. The molecule has 1 atom stereocenters. The van der Waals surface area contributed by atoms with E-state index in [0.29, 0.717) is 10.8 Å². The van der Waals surface area contributed by atoms with Crippen LogP contribution in [-0.2, 0) is 0 Å². The first-order valence-electron chi connectivity index (χ1n) is 8.26. The zero-order valence-corrected chi connectivity index (χ0v) is 13.5. The molecule has 22 heavy (non-hydrogen) atoms. The topological polar surface area (TPSA) is 57.8 Å². The lowest BCUT2D eigenvalue weighted by atomic mass is 9.71. The van der Waals surface area contributed by atoms with Gasteiger partial charge in [0.2, 0.25) is 0 Å². The van der Waals surface area contributed by atoms with Crippen LogP contribution in [0, 0.1) is 11.3 Å². The van der Waals surface area contributed by atoms with Gasteiger partial charge < -0.3 is 5.32 Å². The Morgan fingerprint density at radius 1 is 1.32 bits per heavy atom. The van der Waals surface area contributed by atoms with E-state index >= 15 is 0 Å². The number of nitrogens with zero attached hydrogens (tertiary/aromatic N) is 1. The Bertz CT molecular complexity index is 705. The third-order valence-electron chi connectivity index (χ3n) is 4.85. The quantitative estimate of drug-likeness (QED) is 0.899. The number of hydrogen-bond donors (Lipinski definition) is 2. The predicted octanol–water partition coefficient (Wildman–Crippen LogP) is 3.94. The zero-order valence-electron chi connectivity index (χ0n) is 13.5. The van der Waals surface area contributed by atoms with Crippen molar-refractivity contribution in [2.45, 2.75) is 46.0 Å². The lowest BCUT2D eigenvalue weighted by Gasteiger charge is -2.35. The van der Waals surface area contributed by atoms with Gasteiger partial charge in [-0.1, -0.05) is 44.9 Å². The fraction of sp³-hybridized carbons (Fsp3) is 0.556. The van der Waals surface area contributed by atoms with Crippen LogP contribution in [0.5, 0.6) is 0 Å². The Labute approximate surface area is 131 Å². The second-order valence-electron chi connectivity index (χ2n) is 7.29. The van der Waals surface area contributed by atoms with E-state index < -0.39 is 0 Å². The molecule has 118 valence electrons. The third kappa shape index (κ3) is 3.32. The molecule has 1 saturated carbocycles. The Hall–Kier alpha value is -1.84. The summed E-state index contributed by atoms with van der Waals surface area (Å²) in [4.78, 5) is 11.8. The molecule has 4 nitrogen and oxygen atoms in total. The van der Waals surface area contributed by atoms with Crippen molar-refractivity contribution < 1.29 is 0 Å². The summed E-state index contributed by atoms with van der Waals surface area (Å²) >= 11 is 0. The van der Waals surface area contributed by atoms with Gasteiger partial charge in [0.05, 0.1) is 5.39 Å². The highest BCUT2D eigenvalue weighted by molar-refractivity contribution is 5.90. The molecule has 4 heteroatoms. The fourth-order valence-electron chi connectivity index (χ4n) is 3.75. The number of aromatic amines is 1. The normalized spacial score (nSPS) is 20.9. The van der Waals surface area contributed by atoms with Crippen molar-refractivity contribution >= 4 is 16.6 Å². The molecule has 1 aromatic carbocycles. The van der Waals surface area contributed by atoms with Gasteiger partial charge in [-0.25, -0.2) is 5.10 Å². The summed E-state index contributed by atoms with van der Waals surface area (Å²) in [6.07, 6.45) is 6.51. The van der Waals surface area contributed by atoms with Gasteiger partial charge in [0.15, 0.2) is 5.82 Å². The van der Waals surface area contributed by atoms with Crippen molar-refractivity contribution in [1.82, 2.24) is 10.2 Å². The molecule has 1 aromatic heterocycles. The molecule has 3 rings (SSSR count). The number of benzene rings is 1. The minimum atomic E-state index is -0.129. The van der Waals surface area contributed by atoms with Crippen molar-refractivity contribution in [1.29, 1.82) is 0 Å². The van der Waals surface area contributed by atoms with E-state index in [4.69, 9.17) is 0 Å². The maximum absolute atomic E-state index is 11.8. The van der Waals surface area contributed by atoms with Crippen LogP contribution in [0.4, 0.5) is 5.82 Å². The summed E-state index contributed by atoms with van der Waals surface area (Å²) in [7, 11) is 0. The number of fused-ring (bicyclic) bond motifs is 1. The minimum absolute atomic E-state index is 0.129.